The Hall–Kier alpha value is -0.250. The summed E-state index contributed by atoms with van der Waals surface area (Å²) in [6, 6.07) is 5.73. The van der Waals surface area contributed by atoms with Gasteiger partial charge in [0.1, 0.15) is 5.75 Å². The standard InChI is InChI=1S/C13H17BrClNO/c14-11-4-5-13(12(15)10-11)17-9-3-8-16-6-1-2-7-16/h4-5,10H,1-3,6-9H2/p+1. The topological polar surface area (TPSA) is 13.7 Å². The van der Waals surface area contributed by atoms with Crippen LogP contribution < -0.4 is 9.64 Å². The minimum absolute atomic E-state index is 0.674. The van der Waals surface area contributed by atoms with Crippen molar-refractivity contribution in [3.8, 4) is 5.75 Å². The first-order valence-electron chi connectivity index (χ1n) is 6.17. The molecule has 1 aliphatic rings. The molecular weight excluding hydrogens is 302 g/mol. The summed E-state index contributed by atoms with van der Waals surface area (Å²) in [5, 5.41) is 0.674. The van der Waals surface area contributed by atoms with Crippen molar-refractivity contribution in [1.82, 2.24) is 0 Å². The molecule has 2 nitrogen and oxygen atoms in total. The van der Waals surface area contributed by atoms with Crippen LogP contribution in [0.1, 0.15) is 19.3 Å². The summed E-state index contributed by atoms with van der Waals surface area (Å²) in [5.41, 5.74) is 0. The maximum Gasteiger partial charge on any atom is 0.137 e. The van der Waals surface area contributed by atoms with Gasteiger partial charge in [-0.25, -0.2) is 0 Å². The number of halogens is 2. The van der Waals surface area contributed by atoms with E-state index in [0.29, 0.717) is 5.02 Å². The first-order valence-corrected chi connectivity index (χ1v) is 7.34. The van der Waals surface area contributed by atoms with Gasteiger partial charge < -0.3 is 9.64 Å². The van der Waals surface area contributed by atoms with Gasteiger partial charge in [-0.2, -0.15) is 0 Å². The van der Waals surface area contributed by atoms with Crippen LogP contribution in [0.25, 0.3) is 0 Å². The van der Waals surface area contributed by atoms with Crippen molar-refractivity contribution in [2.24, 2.45) is 0 Å². The molecule has 0 bridgehead atoms. The fraction of sp³-hybridized carbons (Fsp3) is 0.538. The van der Waals surface area contributed by atoms with E-state index in [1.807, 2.05) is 18.2 Å². The van der Waals surface area contributed by atoms with E-state index in [0.717, 1.165) is 23.2 Å². The van der Waals surface area contributed by atoms with Crippen LogP contribution in [0.4, 0.5) is 0 Å². The number of ether oxygens (including phenoxy) is 1. The van der Waals surface area contributed by atoms with E-state index in [1.54, 1.807) is 4.90 Å². The Morgan fingerprint density at radius 2 is 2.06 bits per heavy atom. The Morgan fingerprint density at radius 1 is 1.29 bits per heavy atom. The van der Waals surface area contributed by atoms with Gasteiger partial charge in [0.05, 0.1) is 31.3 Å². The lowest BCUT2D eigenvalue weighted by Gasteiger charge is -2.12. The Labute approximate surface area is 116 Å². The van der Waals surface area contributed by atoms with E-state index in [-0.39, 0.29) is 0 Å². The smallest absolute Gasteiger partial charge is 0.137 e. The summed E-state index contributed by atoms with van der Waals surface area (Å²) >= 11 is 9.45. The second-order valence-corrected chi connectivity index (χ2v) is 5.81. The Kier molecular flexibility index (Phi) is 5.14. The third-order valence-electron chi connectivity index (χ3n) is 3.14. The molecule has 0 atom stereocenters. The molecule has 1 saturated heterocycles. The molecule has 1 N–H and O–H groups in total. The van der Waals surface area contributed by atoms with Gasteiger partial charge in [-0.15, -0.1) is 0 Å². The second-order valence-electron chi connectivity index (χ2n) is 4.48. The Balaban J connectivity index is 1.70. The highest BCUT2D eigenvalue weighted by Crippen LogP contribution is 2.27. The Morgan fingerprint density at radius 3 is 2.76 bits per heavy atom. The van der Waals surface area contributed by atoms with Gasteiger partial charge in [-0.05, 0) is 18.2 Å². The van der Waals surface area contributed by atoms with Crippen LogP contribution in [-0.2, 0) is 0 Å². The zero-order valence-electron chi connectivity index (χ0n) is 9.85. The molecule has 2 rings (SSSR count). The molecule has 0 radical (unpaired) electrons. The summed E-state index contributed by atoms with van der Waals surface area (Å²) in [7, 11) is 0. The molecule has 1 fully saturated rings. The van der Waals surface area contributed by atoms with Crippen LogP contribution in [0.2, 0.25) is 5.02 Å². The lowest BCUT2D eigenvalue weighted by atomic mass is 10.3. The average Bonchev–Trinajstić information content (AvgIpc) is 2.79. The van der Waals surface area contributed by atoms with Crippen LogP contribution in [0.5, 0.6) is 5.75 Å². The molecule has 1 aromatic rings. The maximum absolute atomic E-state index is 6.08. The van der Waals surface area contributed by atoms with Crippen molar-refractivity contribution in [2.75, 3.05) is 26.2 Å². The van der Waals surface area contributed by atoms with Gasteiger partial charge in [-0.1, -0.05) is 27.5 Å². The third kappa shape index (κ3) is 4.16. The zero-order valence-corrected chi connectivity index (χ0v) is 12.2. The van der Waals surface area contributed by atoms with E-state index in [1.165, 1.54) is 32.5 Å². The van der Waals surface area contributed by atoms with Crippen molar-refractivity contribution >= 4 is 27.5 Å². The second kappa shape index (κ2) is 6.62. The quantitative estimate of drug-likeness (QED) is 0.824. The molecule has 0 aromatic heterocycles. The van der Waals surface area contributed by atoms with Gasteiger partial charge in [0, 0.05) is 23.7 Å². The third-order valence-corrected chi connectivity index (χ3v) is 3.93. The first kappa shape index (κ1) is 13.2. The minimum atomic E-state index is 0.674. The van der Waals surface area contributed by atoms with Crippen molar-refractivity contribution in [2.45, 2.75) is 19.3 Å². The van der Waals surface area contributed by atoms with Gasteiger partial charge in [0.2, 0.25) is 0 Å². The number of benzene rings is 1. The SMILES string of the molecule is Clc1cc(Br)ccc1OCCC[NH+]1CCCC1. The van der Waals surface area contributed by atoms with Gasteiger partial charge in [0.15, 0.2) is 0 Å². The van der Waals surface area contributed by atoms with Crippen molar-refractivity contribution in [3.63, 3.8) is 0 Å². The van der Waals surface area contributed by atoms with Crippen LogP contribution in [0, 0.1) is 0 Å². The molecule has 17 heavy (non-hydrogen) atoms. The van der Waals surface area contributed by atoms with Crippen molar-refractivity contribution in [3.05, 3.63) is 27.7 Å². The molecule has 1 aromatic carbocycles. The van der Waals surface area contributed by atoms with E-state index in [4.69, 9.17) is 16.3 Å². The van der Waals surface area contributed by atoms with Crippen LogP contribution in [-0.4, -0.2) is 26.2 Å². The Bertz CT molecular complexity index is 366. The lowest BCUT2D eigenvalue weighted by Crippen LogP contribution is -3.10. The number of hydrogen-bond donors (Lipinski definition) is 1. The van der Waals surface area contributed by atoms with Crippen molar-refractivity contribution in [1.29, 1.82) is 0 Å². The van der Waals surface area contributed by atoms with E-state index in [2.05, 4.69) is 15.9 Å². The highest BCUT2D eigenvalue weighted by atomic mass is 79.9. The predicted octanol–water partition coefficient (Wildman–Crippen LogP) is 2.55. The molecule has 94 valence electrons. The number of quaternary nitrogens is 1. The van der Waals surface area contributed by atoms with Gasteiger partial charge in [0.25, 0.3) is 0 Å². The number of likely N-dealkylation sites (tertiary alicyclic amines) is 1. The number of nitrogens with one attached hydrogen (secondary N) is 1. The predicted molar refractivity (Wildman–Crippen MR) is 74.1 cm³/mol. The monoisotopic (exact) mass is 318 g/mol. The highest BCUT2D eigenvalue weighted by molar-refractivity contribution is 9.10. The molecule has 1 aliphatic heterocycles. The van der Waals surface area contributed by atoms with Gasteiger partial charge in [-0.3, -0.25) is 0 Å². The molecule has 0 spiro atoms. The molecule has 0 amide bonds. The maximum atomic E-state index is 6.08. The summed E-state index contributed by atoms with van der Waals surface area (Å²) in [5.74, 6) is 0.784. The molecule has 0 aliphatic carbocycles. The fourth-order valence-electron chi connectivity index (χ4n) is 2.22. The molecule has 0 saturated carbocycles. The van der Waals surface area contributed by atoms with E-state index < -0.39 is 0 Å². The molecule has 4 heteroatoms. The van der Waals surface area contributed by atoms with Crippen LogP contribution in [0.15, 0.2) is 22.7 Å². The largest absolute Gasteiger partial charge is 0.492 e. The highest BCUT2D eigenvalue weighted by Gasteiger charge is 2.14. The average molecular weight is 320 g/mol. The minimum Gasteiger partial charge on any atom is -0.492 e. The van der Waals surface area contributed by atoms with E-state index in [9.17, 15) is 0 Å². The summed E-state index contributed by atoms with van der Waals surface area (Å²) in [4.78, 5) is 1.72. The first-order chi connectivity index (χ1) is 8.25. The molecule has 1 heterocycles. The normalized spacial score (nSPS) is 16.4. The lowest BCUT2D eigenvalue weighted by molar-refractivity contribution is -0.887. The number of hydrogen-bond acceptors (Lipinski definition) is 1. The summed E-state index contributed by atoms with van der Waals surface area (Å²) in [6.07, 6.45) is 3.87. The van der Waals surface area contributed by atoms with Gasteiger partial charge >= 0.3 is 0 Å². The zero-order chi connectivity index (χ0) is 12.1. The summed E-state index contributed by atoms with van der Waals surface area (Å²) < 4.78 is 6.67. The van der Waals surface area contributed by atoms with E-state index >= 15 is 0 Å². The molecule has 0 unspecified atom stereocenters. The number of rotatable bonds is 5. The van der Waals surface area contributed by atoms with Crippen LogP contribution in [0.3, 0.4) is 0 Å². The fourth-order valence-corrected chi connectivity index (χ4v) is 2.95. The summed E-state index contributed by atoms with van der Waals surface area (Å²) in [6.45, 7) is 4.64. The van der Waals surface area contributed by atoms with Crippen molar-refractivity contribution < 1.29 is 9.64 Å². The molecular formula is C13H18BrClNO+. The van der Waals surface area contributed by atoms with Crippen LogP contribution >= 0.6 is 27.5 Å².